The van der Waals surface area contributed by atoms with Gasteiger partial charge in [-0.15, -0.1) is 0 Å². The molecule has 2 fully saturated rings. The number of unbranched alkanes of at least 4 members (excludes halogenated alkanes) is 2. The Labute approximate surface area is 131 Å². The normalized spacial score (nSPS) is 23.7. The first-order chi connectivity index (χ1) is 10.3. The fraction of sp³-hybridized carbons (Fsp3) is 1.00. The molecule has 0 spiro atoms. The molecule has 2 rings (SSSR count). The molecule has 2 N–H and O–H groups in total. The molecule has 0 aromatic rings. The van der Waals surface area contributed by atoms with E-state index in [1.54, 1.807) is 0 Å². The van der Waals surface area contributed by atoms with Gasteiger partial charge in [0, 0.05) is 65.4 Å². The first-order valence-corrected chi connectivity index (χ1v) is 8.83. The van der Waals surface area contributed by atoms with E-state index in [1.165, 1.54) is 91.3 Å². The predicted octanol–water partition coefficient (Wildman–Crippen LogP) is -0.0196. The van der Waals surface area contributed by atoms with Crippen LogP contribution < -0.4 is 5.73 Å². The van der Waals surface area contributed by atoms with Crippen molar-refractivity contribution in [2.24, 2.45) is 5.73 Å². The number of hydrogen-bond acceptors (Lipinski definition) is 5. The number of nitrogens with two attached hydrogens (primary N) is 1. The zero-order chi connectivity index (χ0) is 14.9. The maximum atomic E-state index is 5.54. The zero-order valence-electron chi connectivity index (χ0n) is 14.0. The van der Waals surface area contributed by atoms with Gasteiger partial charge in [0.2, 0.25) is 0 Å². The SMILES string of the molecule is CN1CCN(CCN2CCN(CCCCCN)CC2)CC1. The Bertz CT molecular complexity index is 257. The molecule has 2 heterocycles. The second-order valence-electron chi connectivity index (χ2n) is 6.68. The highest BCUT2D eigenvalue weighted by molar-refractivity contribution is 4.75. The van der Waals surface area contributed by atoms with Gasteiger partial charge in [-0.25, -0.2) is 0 Å². The highest BCUT2D eigenvalue weighted by Gasteiger charge is 2.18. The molecule has 5 heteroatoms. The predicted molar refractivity (Wildman–Crippen MR) is 89.7 cm³/mol. The molecular weight excluding hydrogens is 262 g/mol. The van der Waals surface area contributed by atoms with Crippen molar-refractivity contribution in [3.63, 3.8) is 0 Å². The first kappa shape index (κ1) is 17.2. The van der Waals surface area contributed by atoms with E-state index in [9.17, 15) is 0 Å². The van der Waals surface area contributed by atoms with Gasteiger partial charge in [-0.2, -0.15) is 0 Å². The van der Waals surface area contributed by atoms with E-state index in [4.69, 9.17) is 5.73 Å². The second kappa shape index (κ2) is 9.74. The summed E-state index contributed by atoms with van der Waals surface area (Å²) in [6.45, 7) is 14.6. The molecule has 0 aliphatic carbocycles. The van der Waals surface area contributed by atoms with Crippen LogP contribution in [0.15, 0.2) is 0 Å². The van der Waals surface area contributed by atoms with Crippen molar-refractivity contribution < 1.29 is 0 Å². The number of likely N-dealkylation sites (N-methyl/N-ethyl adjacent to an activating group) is 1. The van der Waals surface area contributed by atoms with E-state index in [-0.39, 0.29) is 0 Å². The summed E-state index contributed by atoms with van der Waals surface area (Å²) in [4.78, 5) is 10.3. The summed E-state index contributed by atoms with van der Waals surface area (Å²) in [6, 6.07) is 0. The van der Waals surface area contributed by atoms with Crippen LogP contribution in [-0.4, -0.2) is 105 Å². The van der Waals surface area contributed by atoms with E-state index in [0.717, 1.165) is 6.54 Å². The summed E-state index contributed by atoms with van der Waals surface area (Å²) in [5, 5.41) is 0. The summed E-state index contributed by atoms with van der Waals surface area (Å²) in [5.74, 6) is 0. The molecule has 0 radical (unpaired) electrons. The summed E-state index contributed by atoms with van der Waals surface area (Å²) in [7, 11) is 2.23. The highest BCUT2D eigenvalue weighted by atomic mass is 15.3. The summed E-state index contributed by atoms with van der Waals surface area (Å²) in [6.07, 6.45) is 3.80. The Morgan fingerprint density at radius 3 is 1.62 bits per heavy atom. The van der Waals surface area contributed by atoms with Crippen molar-refractivity contribution in [2.45, 2.75) is 19.3 Å². The number of piperazine rings is 2. The fourth-order valence-corrected chi connectivity index (χ4v) is 3.25. The van der Waals surface area contributed by atoms with Crippen LogP contribution in [-0.2, 0) is 0 Å². The minimum atomic E-state index is 0.847. The van der Waals surface area contributed by atoms with Crippen LogP contribution in [0.1, 0.15) is 19.3 Å². The first-order valence-electron chi connectivity index (χ1n) is 8.83. The summed E-state index contributed by atoms with van der Waals surface area (Å²) in [5.41, 5.74) is 5.54. The standard InChI is InChI=1S/C16H35N5/c1-18-7-9-20(10-8-18)15-16-21-13-11-19(12-14-21)6-4-2-3-5-17/h2-17H2,1H3. The molecule has 2 aliphatic rings. The van der Waals surface area contributed by atoms with Crippen LogP contribution in [0, 0.1) is 0 Å². The van der Waals surface area contributed by atoms with Gasteiger partial charge < -0.3 is 15.5 Å². The largest absolute Gasteiger partial charge is 0.330 e. The lowest BCUT2D eigenvalue weighted by Crippen LogP contribution is -2.50. The second-order valence-corrected chi connectivity index (χ2v) is 6.68. The van der Waals surface area contributed by atoms with Crippen LogP contribution in [0.5, 0.6) is 0 Å². The van der Waals surface area contributed by atoms with Gasteiger partial charge in [0.25, 0.3) is 0 Å². The van der Waals surface area contributed by atoms with E-state index >= 15 is 0 Å². The van der Waals surface area contributed by atoms with Crippen LogP contribution >= 0.6 is 0 Å². The maximum Gasteiger partial charge on any atom is 0.0110 e. The van der Waals surface area contributed by atoms with Crippen LogP contribution in [0.3, 0.4) is 0 Å². The molecule has 0 amide bonds. The summed E-state index contributed by atoms with van der Waals surface area (Å²) < 4.78 is 0. The Hall–Kier alpha value is -0.200. The molecule has 0 saturated carbocycles. The molecule has 2 aliphatic heterocycles. The van der Waals surface area contributed by atoms with E-state index in [1.807, 2.05) is 0 Å². The Kier molecular flexibility index (Phi) is 7.96. The van der Waals surface area contributed by atoms with Crippen LogP contribution in [0.2, 0.25) is 0 Å². The van der Waals surface area contributed by atoms with Crippen LogP contribution in [0.4, 0.5) is 0 Å². The molecule has 0 aromatic carbocycles. The lowest BCUT2D eigenvalue weighted by Gasteiger charge is -2.37. The van der Waals surface area contributed by atoms with Gasteiger partial charge in [0.15, 0.2) is 0 Å². The molecule has 21 heavy (non-hydrogen) atoms. The van der Waals surface area contributed by atoms with Crippen LogP contribution in [0.25, 0.3) is 0 Å². The minimum Gasteiger partial charge on any atom is -0.330 e. The molecular formula is C16H35N5. The smallest absolute Gasteiger partial charge is 0.0110 e. The van der Waals surface area contributed by atoms with Gasteiger partial charge in [-0.3, -0.25) is 9.80 Å². The van der Waals surface area contributed by atoms with Crippen molar-refractivity contribution in [3.05, 3.63) is 0 Å². The van der Waals surface area contributed by atoms with E-state index in [0.29, 0.717) is 0 Å². The maximum absolute atomic E-state index is 5.54. The van der Waals surface area contributed by atoms with Gasteiger partial charge in [-0.05, 0) is 33.0 Å². The number of hydrogen-bond donors (Lipinski definition) is 1. The average Bonchev–Trinajstić information content (AvgIpc) is 2.52. The van der Waals surface area contributed by atoms with Crippen molar-refractivity contribution in [1.82, 2.24) is 19.6 Å². The zero-order valence-corrected chi connectivity index (χ0v) is 14.0. The Morgan fingerprint density at radius 2 is 1.10 bits per heavy atom. The van der Waals surface area contributed by atoms with Crippen molar-refractivity contribution in [2.75, 3.05) is 85.6 Å². The van der Waals surface area contributed by atoms with Gasteiger partial charge >= 0.3 is 0 Å². The van der Waals surface area contributed by atoms with E-state index < -0.39 is 0 Å². The third-order valence-electron chi connectivity index (χ3n) is 4.97. The molecule has 0 bridgehead atoms. The van der Waals surface area contributed by atoms with Crippen molar-refractivity contribution in [1.29, 1.82) is 0 Å². The van der Waals surface area contributed by atoms with Crippen molar-refractivity contribution >= 4 is 0 Å². The highest BCUT2D eigenvalue weighted by Crippen LogP contribution is 2.05. The molecule has 0 aromatic heterocycles. The molecule has 0 atom stereocenters. The lowest BCUT2D eigenvalue weighted by molar-refractivity contribution is 0.101. The van der Waals surface area contributed by atoms with Gasteiger partial charge in [-0.1, -0.05) is 6.42 Å². The molecule has 2 saturated heterocycles. The Balaban J connectivity index is 1.51. The van der Waals surface area contributed by atoms with E-state index in [2.05, 4.69) is 26.6 Å². The molecule has 0 unspecified atom stereocenters. The monoisotopic (exact) mass is 297 g/mol. The Morgan fingerprint density at radius 1 is 0.619 bits per heavy atom. The third kappa shape index (κ3) is 6.61. The van der Waals surface area contributed by atoms with Gasteiger partial charge in [0.05, 0.1) is 0 Å². The molecule has 5 nitrogen and oxygen atoms in total. The molecule has 124 valence electrons. The van der Waals surface area contributed by atoms with Gasteiger partial charge in [0.1, 0.15) is 0 Å². The fourth-order valence-electron chi connectivity index (χ4n) is 3.25. The average molecular weight is 297 g/mol. The lowest BCUT2D eigenvalue weighted by atomic mass is 10.2. The minimum absolute atomic E-state index is 0.847. The quantitative estimate of drug-likeness (QED) is 0.638. The summed E-state index contributed by atoms with van der Waals surface area (Å²) >= 11 is 0. The topological polar surface area (TPSA) is 39.0 Å². The van der Waals surface area contributed by atoms with Crippen molar-refractivity contribution in [3.8, 4) is 0 Å². The number of rotatable bonds is 8. The number of nitrogens with zero attached hydrogens (tertiary/aromatic N) is 4. The third-order valence-corrected chi connectivity index (χ3v) is 4.97.